The maximum atomic E-state index is 9.09. The first kappa shape index (κ1) is 10.9. The van der Waals surface area contributed by atoms with Crippen LogP contribution in [-0.4, -0.2) is 27.0 Å². The van der Waals surface area contributed by atoms with Crippen LogP contribution in [0.25, 0.3) is 0 Å². The van der Waals surface area contributed by atoms with E-state index >= 15 is 0 Å². The summed E-state index contributed by atoms with van der Waals surface area (Å²) in [5, 5.41) is 12.5. The van der Waals surface area contributed by atoms with Crippen molar-refractivity contribution >= 4 is 29.2 Å². The molecule has 1 saturated heterocycles. The van der Waals surface area contributed by atoms with Crippen molar-refractivity contribution in [2.75, 3.05) is 11.5 Å². The first-order valence-electron chi connectivity index (χ1n) is 4.92. The van der Waals surface area contributed by atoms with Crippen LogP contribution in [0.3, 0.4) is 0 Å². The summed E-state index contributed by atoms with van der Waals surface area (Å²) < 4.78 is 0.283. The first-order chi connectivity index (χ1) is 7.42. The molecule has 2 rings (SSSR count). The molecule has 4 heteroatoms. The molecule has 0 aromatic heterocycles. The van der Waals surface area contributed by atoms with Gasteiger partial charge in [0.05, 0.1) is 4.58 Å². The second-order valence-electron chi connectivity index (χ2n) is 3.28. The molecule has 0 saturated carbocycles. The molecular weight excluding hydrogens is 226 g/mol. The van der Waals surface area contributed by atoms with Crippen LogP contribution in [0.15, 0.2) is 35.5 Å². The average molecular weight is 239 g/mol. The molecular formula is C11H13NOS2. The second kappa shape index (κ2) is 5.47. The van der Waals surface area contributed by atoms with Crippen LogP contribution in [0.4, 0.5) is 0 Å². The Kier molecular flexibility index (Phi) is 3.97. The van der Waals surface area contributed by atoms with Gasteiger partial charge in [-0.2, -0.15) is 0 Å². The fourth-order valence-corrected chi connectivity index (χ4v) is 4.37. The van der Waals surface area contributed by atoms with Gasteiger partial charge in [-0.25, -0.2) is 0 Å². The summed E-state index contributed by atoms with van der Waals surface area (Å²) in [6.07, 6.45) is 1.25. The summed E-state index contributed by atoms with van der Waals surface area (Å²) >= 11 is 3.73. The van der Waals surface area contributed by atoms with Gasteiger partial charge >= 0.3 is 0 Å². The third kappa shape index (κ3) is 2.69. The number of hydrogen-bond donors (Lipinski definition) is 1. The Labute approximate surface area is 98.1 Å². The molecule has 1 aliphatic heterocycles. The van der Waals surface area contributed by atoms with Gasteiger partial charge in [-0.15, -0.1) is 23.5 Å². The van der Waals surface area contributed by atoms with E-state index in [1.807, 2.05) is 53.9 Å². The lowest BCUT2D eigenvalue weighted by atomic mass is 10.1. The number of nitrogens with zero attached hydrogens (tertiary/aromatic N) is 1. The number of benzene rings is 1. The van der Waals surface area contributed by atoms with Crippen LogP contribution < -0.4 is 0 Å². The highest BCUT2D eigenvalue weighted by atomic mass is 32.2. The van der Waals surface area contributed by atoms with E-state index in [1.54, 1.807) is 0 Å². The highest BCUT2D eigenvalue weighted by molar-refractivity contribution is 8.18. The van der Waals surface area contributed by atoms with E-state index in [-0.39, 0.29) is 4.58 Å². The number of rotatable bonds is 2. The second-order valence-corrected chi connectivity index (χ2v) is 6.00. The fourth-order valence-electron chi connectivity index (χ4n) is 1.50. The van der Waals surface area contributed by atoms with E-state index in [0.29, 0.717) is 0 Å². The SMILES string of the molecule is O/N=C(\c1ccccc1)C1SCCCS1. The van der Waals surface area contributed by atoms with Crippen LogP contribution in [0.2, 0.25) is 0 Å². The van der Waals surface area contributed by atoms with Crippen LogP contribution in [-0.2, 0) is 0 Å². The van der Waals surface area contributed by atoms with Crippen molar-refractivity contribution in [1.82, 2.24) is 0 Å². The van der Waals surface area contributed by atoms with Crippen molar-refractivity contribution in [3.05, 3.63) is 35.9 Å². The number of oxime groups is 1. The number of hydrogen-bond acceptors (Lipinski definition) is 4. The molecule has 1 aliphatic rings. The Hall–Kier alpha value is -0.610. The minimum absolute atomic E-state index is 0.283. The zero-order valence-electron chi connectivity index (χ0n) is 8.30. The molecule has 0 amide bonds. The summed E-state index contributed by atoms with van der Waals surface area (Å²) in [6, 6.07) is 9.90. The fraction of sp³-hybridized carbons (Fsp3) is 0.364. The van der Waals surface area contributed by atoms with Crippen LogP contribution in [0.1, 0.15) is 12.0 Å². The third-order valence-corrected chi connectivity index (χ3v) is 5.14. The Balaban J connectivity index is 2.17. The zero-order chi connectivity index (χ0) is 10.5. The van der Waals surface area contributed by atoms with Gasteiger partial charge in [0.25, 0.3) is 0 Å². The van der Waals surface area contributed by atoms with E-state index in [1.165, 1.54) is 6.42 Å². The van der Waals surface area contributed by atoms with Crippen molar-refractivity contribution in [3.63, 3.8) is 0 Å². The Morgan fingerprint density at radius 3 is 2.47 bits per heavy atom. The van der Waals surface area contributed by atoms with E-state index in [2.05, 4.69) is 5.16 Å². The van der Waals surface area contributed by atoms with Crippen molar-refractivity contribution in [3.8, 4) is 0 Å². The molecule has 0 bridgehead atoms. The summed E-state index contributed by atoms with van der Waals surface area (Å²) in [5.74, 6) is 2.31. The molecule has 0 unspecified atom stereocenters. The van der Waals surface area contributed by atoms with Gasteiger partial charge in [0.15, 0.2) is 0 Å². The van der Waals surface area contributed by atoms with Gasteiger partial charge in [-0.05, 0) is 17.9 Å². The highest BCUT2D eigenvalue weighted by Gasteiger charge is 2.22. The summed E-state index contributed by atoms with van der Waals surface area (Å²) in [5.41, 5.74) is 1.82. The molecule has 1 aromatic carbocycles. The van der Waals surface area contributed by atoms with Crippen molar-refractivity contribution < 1.29 is 5.21 Å². The van der Waals surface area contributed by atoms with Gasteiger partial charge in [0.2, 0.25) is 0 Å². The summed E-state index contributed by atoms with van der Waals surface area (Å²) in [4.78, 5) is 0. The average Bonchev–Trinajstić information content (AvgIpc) is 2.33. The lowest BCUT2D eigenvalue weighted by Gasteiger charge is -2.21. The van der Waals surface area contributed by atoms with E-state index < -0.39 is 0 Å². The predicted octanol–water partition coefficient (Wildman–Crippen LogP) is 3.06. The van der Waals surface area contributed by atoms with Crippen LogP contribution in [0, 0.1) is 0 Å². The Morgan fingerprint density at radius 2 is 1.87 bits per heavy atom. The Bertz CT molecular complexity index is 334. The molecule has 0 aliphatic carbocycles. The van der Waals surface area contributed by atoms with E-state index in [9.17, 15) is 0 Å². The topological polar surface area (TPSA) is 32.6 Å². The molecule has 1 N–H and O–H groups in total. The molecule has 0 radical (unpaired) electrons. The molecule has 15 heavy (non-hydrogen) atoms. The van der Waals surface area contributed by atoms with Crippen LogP contribution in [0.5, 0.6) is 0 Å². The summed E-state index contributed by atoms with van der Waals surface area (Å²) in [6.45, 7) is 0. The monoisotopic (exact) mass is 239 g/mol. The minimum Gasteiger partial charge on any atom is -0.411 e. The largest absolute Gasteiger partial charge is 0.411 e. The number of thioether (sulfide) groups is 2. The first-order valence-corrected chi connectivity index (χ1v) is 7.02. The van der Waals surface area contributed by atoms with Gasteiger partial charge in [-0.3, -0.25) is 0 Å². The predicted molar refractivity (Wildman–Crippen MR) is 68.1 cm³/mol. The van der Waals surface area contributed by atoms with Gasteiger partial charge in [-0.1, -0.05) is 35.5 Å². The minimum atomic E-state index is 0.283. The normalized spacial score (nSPS) is 19.1. The van der Waals surface area contributed by atoms with Gasteiger partial charge in [0, 0.05) is 5.56 Å². The third-order valence-electron chi connectivity index (χ3n) is 2.23. The standard InChI is InChI=1S/C11H13NOS2/c13-12-10(9-5-2-1-3-6-9)11-14-7-4-8-15-11/h1-3,5-6,11,13H,4,7-8H2/b12-10+. The van der Waals surface area contributed by atoms with Crippen molar-refractivity contribution in [1.29, 1.82) is 0 Å². The zero-order valence-corrected chi connectivity index (χ0v) is 9.93. The smallest absolute Gasteiger partial charge is 0.110 e. The van der Waals surface area contributed by atoms with Crippen LogP contribution >= 0.6 is 23.5 Å². The van der Waals surface area contributed by atoms with Crippen molar-refractivity contribution in [2.45, 2.75) is 11.0 Å². The lowest BCUT2D eigenvalue weighted by molar-refractivity contribution is 0.319. The van der Waals surface area contributed by atoms with E-state index in [0.717, 1.165) is 22.8 Å². The maximum Gasteiger partial charge on any atom is 0.110 e. The molecule has 1 fully saturated rings. The van der Waals surface area contributed by atoms with E-state index in [4.69, 9.17) is 5.21 Å². The molecule has 1 aromatic rings. The molecule has 2 nitrogen and oxygen atoms in total. The van der Waals surface area contributed by atoms with Crippen molar-refractivity contribution in [2.24, 2.45) is 5.16 Å². The highest BCUT2D eigenvalue weighted by Crippen LogP contribution is 2.33. The lowest BCUT2D eigenvalue weighted by Crippen LogP contribution is -2.19. The Morgan fingerprint density at radius 1 is 1.20 bits per heavy atom. The summed E-state index contributed by atoms with van der Waals surface area (Å²) in [7, 11) is 0. The van der Waals surface area contributed by atoms with Gasteiger partial charge < -0.3 is 5.21 Å². The molecule has 0 atom stereocenters. The molecule has 0 spiro atoms. The maximum absolute atomic E-state index is 9.09. The quantitative estimate of drug-likeness (QED) is 0.489. The molecule has 1 heterocycles. The van der Waals surface area contributed by atoms with Gasteiger partial charge in [0.1, 0.15) is 5.71 Å². The molecule has 80 valence electrons.